The van der Waals surface area contributed by atoms with Gasteiger partial charge in [0.05, 0.1) is 10.4 Å². The van der Waals surface area contributed by atoms with Crippen LogP contribution in [0.1, 0.15) is 5.56 Å². The first-order valence-electron chi connectivity index (χ1n) is 5.48. The van der Waals surface area contributed by atoms with Crippen LogP contribution in [0.25, 0.3) is 22.2 Å². The summed E-state index contributed by atoms with van der Waals surface area (Å²) in [6.07, 6.45) is 0. The molecule has 0 bridgehead atoms. The molecule has 0 aliphatic carbocycles. The Kier molecular flexibility index (Phi) is 3.56. The van der Waals surface area contributed by atoms with Crippen LogP contribution >= 0.6 is 43.2 Å². The molecule has 0 saturated carbocycles. The van der Waals surface area contributed by atoms with Gasteiger partial charge in [0.1, 0.15) is 0 Å². The number of aromatic nitrogens is 2. The second-order valence-electron chi connectivity index (χ2n) is 3.97. The minimum absolute atomic E-state index is 0.510. The van der Waals surface area contributed by atoms with Crippen molar-refractivity contribution in [2.24, 2.45) is 0 Å². The third kappa shape index (κ3) is 2.52. The quantitative estimate of drug-likeness (QED) is 0.586. The highest BCUT2D eigenvalue weighted by Gasteiger charge is 2.14. The maximum atomic E-state index is 5.73. The maximum Gasteiger partial charge on any atom is 0.258 e. The molecule has 0 aliphatic heterocycles. The van der Waals surface area contributed by atoms with E-state index in [1.54, 1.807) is 11.3 Å². The van der Waals surface area contributed by atoms with Crippen LogP contribution in [0.3, 0.4) is 0 Å². The maximum absolute atomic E-state index is 5.73. The third-order valence-electron chi connectivity index (χ3n) is 2.64. The molecule has 1 aromatic carbocycles. The van der Waals surface area contributed by atoms with Crippen molar-refractivity contribution in [3.63, 3.8) is 0 Å². The van der Waals surface area contributed by atoms with Gasteiger partial charge in [0.15, 0.2) is 0 Å². The molecule has 6 heteroatoms. The Morgan fingerprint density at radius 1 is 1.11 bits per heavy atom. The van der Waals surface area contributed by atoms with Crippen LogP contribution in [-0.2, 0) is 0 Å². The molecule has 0 radical (unpaired) electrons. The number of benzene rings is 1. The zero-order chi connectivity index (χ0) is 13.4. The molecule has 0 saturated heterocycles. The van der Waals surface area contributed by atoms with E-state index in [9.17, 15) is 0 Å². The molecule has 2 aromatic heterocycles. The highest BCUT2D eigenvalue weighted by Crippen LogP contribution is 2.34. The summed E-state index contributed by atoms with van der Waals surface area (Å²) in [7, 11) is 0. The highest BCUT2D eigenvalue weighted by molar-refractivity contribution is 9.11. The molecule has 0 atom stereocenters. The van der Waals surface area contributed by atoms with Crippen molar-refractivity contribution in [1.82, 2.24) is 10.2 Å². The molecule has 3 rings (SSSR count). The van der Waals surface area contributed by atoms with Crippen LogP contribution in [0.5, 0.6) is 0 Å². The molecule has 19 heavy (non-hydrogen) atoms. The second-order valence-corrected chi connectivity index (χ2v) is 6.63. The summed E-state index contributed by atoms with van der Waals surface area (Å²) in [5.41, 5.74) is 2.03. The summed E-state index contributed by atoms with van der Waals surface area (Å²) in [5, 5.41) is 10.2. The van der Waals surface area contributed by atoms with Gasteiger partial charge in [-0.3, -0.25) is 0 Å². The first kappa shape index (κ1) is 13.0. The summed E-state index contributed by atoms with van der Waals surface area (Å²) in [6, 6.07) is 7.92. The fraction of sp³-hybridized carbons (Fsp3) is 0.0769. The Labute approximate surface area is 130 Å². The van der Waals surface area contributed by atoms with E-state index in [0.29, 0.717) is 11.8 Å². The van der Waals surface area contributed by atoms with Gasteiger partial charge in [0, 0.05) is 8.95 Å². The molecule has 96 valence electrons. The molecule has 0 amide bonds. The van der Waals surface area contributed by atoms with Gasteiger partial charge in [0.2, 0.25) is 5.89 Å². The Hall–Kier alpha value is -0.980. The van der Waals surface area contributed by atoms with Gasteiger partial charge in [-0.15, -0.1) is 21.5 Å². The van der Waals surface area contributed by atoms with Crippen LogP contribution in [0.15, 0.2) is 43.0 Å². The van der Waals surface area contributed by atoms with Gasteiger partial charge in [-0.05, 0) is 52.0 Å². The summed E-state index contributed by atoms with van der Waals surface area (Å²) in [5.74, 6) is 1.06. The van der Waals surface area contributed by atoms with E-state index in [0.717, 1.165) is 24.9 Å². The number of halogens is 2. The monoisotopic (exact) mass is 398 g/mol. The van der Waals surface area contributed by atoms with E-state index in [1.165, 1.54) is 0 Å². The van der Waals surface area contributed by atoms with Crippen molar-refractivity contribution in [3.05, 3.63) is 44.2 Å². The second kappa shape index (κ2) is 5.19. The lowest BCUT2D eigenvalue weighted by Crippen LogP contribution is -1.84. The molecule has 0 N–H and O–H groups in total. The summed E-state index contributed by atoms with van der Waals surface area (Å²) in [4.78, 5) is 0.973. The number of thiophene rings is 1. The number of hydrogen-bond acceptors (Lipinski definition) is 4. The molecular weight excluding hydrogens is 392 g/mol. The van der Waals surface area contributed by atoms with Gasteiger partial charge in [-0.2, -0.15) is 0 Å². The van der Waals surface area contributed by atoms with Crippen LogP contribution in [0.4, 0.5) is 0 Å². The largest absolute Gasteiger partial charge is 0.415 e. The first-order valence-corrected chi connectivity index (χ1v) is 7.95. The lowest BCUT2D eigenvalue weighted by atomic mass is 10.1. The highest BCUT2D eigenvalue weighted by atomic mass is 79.9. The van der Waals surface area contributed by atoms with Crippen molar-refractivity contribution in [2.75, 3.05) is 0 Å². The average molecular weight is 400 g/mol. The lowest BCUT2D eigenvalue weighted by Gasteiger charge is -2.03. The molecule has 3 nitrogen and oxygen atoms in total. The zero-order valence-corrected chi connectivity index (χ0v) is 13.8. The Bertz CT molecular complexity index is 722. The summed E-state index contributed by atoms with van der Waals surface area (Å²) >= 11 is 8.62. The predicted octanol–water partition coefficient (Wildman–Crippen LogP) is 5.30. The number of rotatable bonds is 2. The normalized spacial score (nSPS) is 10.9. The van der Waals surface area contributed by atoms with E-state index in [-0.39, 0.29) is 0 Å². The fourth-order valence-electron chi connectivity index (χ4n) is 1.64. The fourth-order valence-corrected chi connectivity index (χ4v) is 3.26. The number of hydrogen-bond donors (Lipinski definition) is 0. The minimum Gasteiger partial charge on any atom is -0.415 e. The van der Waals surface area contributed by atoms with Gasteiger partial charge < -0.3 is 4.42 Å². The van der Waals surface area contributed by atoms with Crippen molar-refractivity contribution in [1.29, 1.82) is 0 Å². The molecule has 2 heterocycles. The predicted molar refractivity (Wildman–Crippen MR) is 83.2 cm³/mol. The smallest absolute Gasteiger partial charge is 0.258 e. The van der Waals surface area contributed by atoms with Crippen LogP contribution in [-0.4, -0.2) is 10.2 Å². The van der Waals surface area contributed by atoms with E-state index < -0.39 is 0 Å². The van der Waals surface area contributed by atoms with E-state index in [4.69, 9.17) is 4.42 Å². The summed E-state index contributed by atoms with van der Waals surface area (Å²) in [6.45, 7) is 2.03. The molecular formula is C13H8Br2N2OS. The molecule has 0 unspecified atom stereocenters. The molecule has 3 aromatic rings. The van der Waals surface area contributed by atoms with Crippen molar-refractivity contribution >= 4 is 43.2 Å². The SMILES string of the molecule is Cc1cc(Br)c(-c2nnc(-c3cccs3)o2)cc1Br. The zero-order valence-electron chi connectivity index (χ0n) is 9.85. The van der Waals surface area contributed by atoms with Gasteiger partial charge in [-0.25, -0.2) is 0 Å². The van der Waals surface area contributed by atoms with Crippen LogP contribution in [0.2, 0.25) is 0 Å². The van der Waals surface area contributed by atoms with Crippen molar-refractivity contribution in [3.8, 4) is 22.2 Å². The van der Waals surface area contributed by atoms with Gasteiger partial charge in [0.25, 0.3) is 5.89 Å². The Morgan fingerprint density at radius 2 is 1.89 bits per heavy atom. The first-order chi connectivity index (χ1) is 9.15. The Morgan fingerprint density at radius 3 is 2.63 bits per heavy atom. The van der Waals surface area contributed by atoms with E-state index in [2.05, 4.69) is 42.1 Å². The molecule has 0 aliphatic rings. The Balaban J connectivity index is 2.06. The van der Waals surface area contributed by atoms with E-state index in [1.807, 2.05) is 36.6 Å². The van der Waals surface area contributed by atoms with Gasteiger partial charge >= 0.3 is 0 Å². The minimum atomic E-state index is 0.510. The van der Waals surface area contributed by atoms with E-state index >= 15 is 0 Å². The average Bonchev–Trinajstić information content (AvgIpc) is 3.03. The number of nitrogens with zero attached hydrogens (tertiary/aromatic N) is 2. The lowest BCUT2D eigenvalue weighted by molar-refractivity contribution is 0.585. The van der Waals surface area contributed by atoms with Crippen LogP contribution in [0, 0.1) is 6.92 Å². The summed E-state index contributed by atoms with van der Waals surface area (Å²) < 4.78 is 7.68. The number of aryl methyl sites for hydroxylation is 1. The topological polar surface area (TPSA) is 38.9 Å². The van der Waals surface area contributed by atoms with Gasteiger partial charge in [-0.1, -0.05) is 22.0 Å². The van der Waals surface area contributed by atoms with Crippen molar-refractivity contribution in [2.45, 2.75) is 6.92 Å². The van der Waals surface area contributed by atoms with Crippen molar-refractivity contribution < 1.29 is 4.42 Å². The molecule has 0 spiro atoms. The third-order valence-corrected chi connectivity index (χ3v) is 5.00. The van der Waals surface area contributed by atoms with Crippen LogP contribution < -0.4 is 0 Å². The molecule has 0 fully saturated rings. The standard InChI is InChI=1S/C13H8Br2N2OS/c1-7-5-10(15)8(6-9(7)14)12-16-17-13(18-12)11-3-2-4-19-11/h2-6H,1H3.